The van der Waals surface area contributed by atoms with E-state index in [-0.39, 0.29) is 31.7 Å². The van der Waals surface area contributed by atoms with Gasteiger partial charge in [-0.1, -0.05) is 58.6 Å². The average Bonchev–Trinajstić information content (AvgIpc) is 3.08. The molecule has 2 atom stereocenters. The summed E-state index contributed by atoms with van der Waals surface area (Å²) in [4.78, 5) is 25.2. The van der Waals surface area contributed by atoms with Crippen molar-refractivity contribution in [2.45, 2.75) is 24.4 Å². The number of hydrogen-bond donors (Lipinski definition) is 0. The molecule has 0 saturated carbocycles. The minimum absolute atomic E-state index is 0.0190. The smallest absolute Gasteiger partial charge is 0.220 e. The molecular weight excluding hydrogens is 732 g/mol. The molecule has 0 saturated heterocycles. The molecule has 2 unspecified atom stereocenters. The van der Waals surface area contributed by atoms with Crippen molar-refractivity contribution in [2.75, 3.05) is 28.4 Å². The zero-order valence-electron chi connectivity index (χ0n) is 17.4. The van der Waals surface area contributed by atoms with Crippen LogP contribution in [0.1, 0.15) is 12.8 Å². The minimum atomic E-state index is -1.46. The molecule has 2 rings (SSSR count). The number of carbonyl (C=O) groups excluding carboxylic acids is 2. The van der Waals surface area contributed by atoms with E-state index >= 15 is 0 Å². The minimum Gasteiger partial charge on any atom is -0.348 e. The van der Waals surface area contributed by atoms with E-state index in [4.69, 9.17) is 65.4 Å². The van der Waals surface area contributed by atoms with Crippen molar-refractivity contribution < 1.29 is 28.5 Å². The fraction of sp³-hybridized carbons (Fsp3) is 0.500. The van der Waals surface area contributed by atoms with E-state index in [0.717, 1.165) is 7.16 Å². The quantitative estimate of drug-likeness (QED) is 0.208. The predicted octanol–water partition coefficient (Wildman–Crippen LogP) is 6.16. The van der Waals surface area contributed by atoms with Gasteiger partial charge in [0.2, 0.25) is 11.6 Å². The summed E-state index contributed by atoms with van der Waals surface area (Å²) in [6.45, 7) is 0. The van der Waals surface area contributed by atoms with Gasteiger partial charge in [0, 0.05) is 28.4 Å². The lowest BCUT2D eigenvalue weighted by Crippen LogP contribution is -2.41. The van der Waals surface area contributed by atoms with Crippen LogP contribution in [0.25, 0.3) is 0 Å². The van der Waals surface area contributed by atoms with Gasteiger partial charge in [0.05, 0.1) is 0 Å². The first kappa shape index (κ1) is 29.0. The van der Waals surface area contributed by atoms with Crippen molar-refractivity contribution in [3.8, 4) is 0 Å². The number of allylic oxidation sites excluding steroid dienone is 4. The number of carbonyl (C=O) groups is 2. The van der Waals surface area contributed by atoms with Gasteiger partial charge in [-0.05, 0) is 65.2 Å². The van der Waals surface area contributed by atoms with Crippen LogP contribution in [0.5, 0.6) is 0 Å². The third-order valence-electron chi connectivity index (χ3n) is 5.32. The molecule has 0 fully saturated rings. The van der Waals surface area contributed by atoms with Crippen LogP contribution >= 0.6 is 91.6 Å². The van der Waals surface area contributed by atoms with Crippen LogP contribution in [0.3, 0.4) is 0 Å². The Morgan fingerprint density at radius 2 is 1.03 bits per heavy atom. The lowest BCUT2D eigenvalue weighted by atomic mass is 9.97. The fourth-order valence-corrected chi connectivity index (χ4v) is 6.07. The molecule has 0 aromatic rings. The van der Waals surface area contributed by atoms with Gasteiger partial charge in [0.25, 0.3) is 0 Å². The maximum Gasteiger partial charge on any atom is 0.220 e. The molecule has 0 bridgehead atoms. The Balaban J connectivity index is 2.20. The van der Waals surface area contributed by atoms with E-state index < -0.39 is 23.4 Å². The molecule has 0 amide bonds. The summed E-state index contributed by atoms with van der Waals surface area (Å²) in [5.41, 5.74) is 0. The highest BCUT2D eigenvalue weighted by atomic mass is 127. The summed E-state index contributed by atoms with van der Waals surface area (Å²) in [7, 11) is 5.59. The zero-order chi connectivity index (χ0) is 24.4. The topological polar surface area (TPSA) is 71.1 Å². The van der Waals surface area contributed by atoms with Crippen molar-refractivity contribution in [3.63, 3.8) is 0 Å². The number of ketones is 2. The van der Waals surface area contributed by atoms with E-state index in [1.54, 1.807) is 12.2 Å². The first-order valence-electron chi connectivity index (χ1n) is 9.10. The van der Waals surface area contributed by atoms with Gasteiger partial charge >= 0.3 is 0 Å². The first-order chi connectivity index (χ1) is 15.0. The lowest BCUT2D eigenvalue weighted by molar-refractivity contribution is -0.192. The predicted molar refractivity (Wildman–Crippen MR) is 141 cm³/mol. The number of Topliss-reactive ketones (excluding diaryl/α,β-unsaturated/α-hetero) is 2. The summed E-state index contributed by atoms with van der Waals surface area (Å²) < 4.78 is 23.5. The summed E-state index contributed by atoms with van der Waals surface area (Å²) >= 11 is 28.8. The third-order valence-corrected chi connectivity index (χ3v) is 8.97. The highest BCUT2D eigenvalue weighted by Gasteiger charge is 2.55. The Morgan fingerprint density at radius 3 is 1.28 bits per heavy atom. The van der Waals surface area contributed by atoms with Crippen LogP contribution in [-0.4, -0.2) is 51.6 Å². The second-order valence-electron chi connectivity index (χ2n) is 6.82. The van der Waals surface area contributed by atoms with Crippen LogP contribution < -0.4 is 0 Å². The average molecular weight is 752 g/mol. The van der Waals surface area contributed by atoms with Crippen LogP contribution in [0.2, 0.25) is 0 Å². The monoisotopic (exact) mass is 750 g/mol. The fourth-order valence-electron chi connectivity index (χ4n) is 3.58. The molecule has 0 N–H and O–H groups in total. The molecular formula is C20H20Cl4I2O6. The highest BCUT2D eigenvalue weighted by Crippen LogP contribution is 2.48. The molecule has 32 heavy (non-hydrogen) atoms. The lowest BCUT2D eigenvalue weighted by Gasteiger charge is -2.31. The SMILES string of the molecule is COC1(OC)C(Cl)=C(Cl)C(=O)C1/C=C(/I)CC/C(I)=C\C1C(=O)C(Cl)=C(Cl)C1(OC)OC. The van der Waals surface area contributed by atoms with Crippen LogP contribution in [-0.2, 0) is 28.5 Å². The van der Waals surface area contributed by atoms with Crippen LogP contribution in [0, 0.1) is 11.8 Å². The van der Waals surface area contributed by atoms with Crippen molar-refractivity contribution in [3.05, 3.63) is 39.4 Å². The number of ether oxygens (including phenoxy) is 4. The molecule has 2 aliphatic rings. The number of methoxy groups -OCH3 is 4. The van der Waals surface area contributed by atoms with E-state index in [2.05, 4.69) is 45.2 Å². The Labute approximate surface area is 233 Å². The molecule has 6 nitrogen and oxygen atoms in total. The largest absolute Gasteiger partial charge is 0.348 e. The number of halogens is 6. The Morgan fingerprint density at radius 1 is 0.750 bits per heavy atom. The molecule has 0 heterocycles. The van der Waals surface area contributed by atoms with Gasteiger partial charge in [-0.2, -0.15) is 0 Å². The highest BCUT2D eigenvalue weighted by molar-refractivity contribution is 14.1. The van der Waals surface area contributed by atoms with Gasteiger partial charge in [-0.15, -0.1) is 0 Å². The van der Waals surface area contributed by atoms with Crippen molar-refractivity contribution in [2.24, 2.45) is 11.8 Å². The number of hydrogen-bond acceptors (Lipinski definition) is 6. The first-order valence-corrected chi connectivity index (χ1v) is 12.8. The Kier molecular flexibility index (Phi) is 10.6. The van der Waals surface area contributed by atoms with E-state index in [1.807, 2.05) is 0 Å². The molecule has 0 spiro atoms. The van der Waals surface area contributed by atoms with Crippen molar-refractivity contribution in [1.82, 2.24) is 0 Å². The zero-order valence-corrected chi connectivity index (χ0v) is 24.8. The molecule has 178 valence electrons. The molecule has 0 aromatic carbocycles. The van der Waals surface area contributed by atoms with Gasteiger partial charge in [-0.3, -0.25) is 9.59 Å². The summed E-state index contributed by atoms with van der Waals surface area (Å²) in [5.74, 6) is -5.31. The summed E-state index contributed by atoms with van der Waals surface area (Å²) in [6.07, 6.45) is 4.59. The van der Waals surface area contributed by atoms with Crippen molar-refractivity contribution in [1.29, 1.82) is 0 Å². The molecule has 0 aromatic heterocycles. The second kappa shape index (κ2) is 11.7. The van der Waals surface area contributed by atoms with E-state index in [0.29, 0.717) is 12.8 Å². The number of rotatable bonds is 9. The molecule has 0 aliphatic heterocycles. The molecule has 2 aliphatic carbocycles. The van der Waals surface area contributed by atoms with Crippen molar-refractivity contribution >= 4 is 103 Å². The van der Waals surface area contributed by atoms with E-state index in [9.17, 15) is 9.59 Å². The normalized spacial score (nSPS) is 26.1. The van der Waals surface area contributed by atoms with E-state index in [1.165, 1.54) is 28.4 Å². The van der Waals surface area contributed by atoms with Gasteiger partial charge in [-0.25, -0.2) is 0 Å². The maximum atomic E-state index is 12.6. The standard InChI is InChI=1S/C20H20Cl4I2O6/c1-29-19(30-2)11(15(27)13(21)17(19)23)7-9(25)5-6-10(26)8-12-16(28)14(22)18(24)20(12,31-3)32-4/h7-8,11-12H,5-6H2,1-4H3/b9-7+,10-8+. The van der Waals surface area contributed by atoms with Crippen LogP contribution in [0.15, 0.2) is 39.4 Å². The summed E-state index contributed by atoms with van der Waals surface area (Å²) in [6, 6.07) is 0. The Bertz CT molecular complexity index is 845. The van der Waals surface area contributed by atoms with Gasteiger partial charge < -0.3 is 18.9 Å². The summed E-state index contributed by atoms with van der Waals surface area (Å²) in [5, 5.41) is -0.172. The Hall–Kier alpha value is 0.760. The van der Waals surface area contributed by atoms with Gasteiger partial charge in [0.1, 0.15) is 32.0 Å². The molecule has 0 radical (unpaired) electrons. The third kappa shape index (κ3) is 5.01. The maximum absolute atomic E-state index is 12.6. The van der Waals surface area contributed by atoms with Gasteiger partial charge in [0.15, 0.2) is 11.6 Å². The molecule has 12 heteroatoms. The second-order valence-corrected chi connectivity index (χ2v) is 11.1. The van der Waals surface area contributed by atoms with Crippen LogP contribution in [0.4, 0.5) is 0 Å².